The minimum atomic E-state index is -1.40. The van der Waals surface area contributed by atoms with Crippen molar-refractivity contribution < 1.29 is 29.0 Å². The number of carbonyl (C=O) groups excluding carboxylic acids is 4. The molecule has 2 fully saturated rings. The van der Waals surface area contributed by atoms with E-state index in [9.17, 15) is 24.3 Å². The fourth-order valence-electron chi connectivity index (χ4n) is 5.05. The number of anilines is 1. The molecule has 0 aliphatic carbocycles. The summed E-state index contributed by atoms with van der Waals surface area (Å²) in [6.45, 7) is 1.41. The van der Waals surface area contributed by atoms with E-state index in [1.807, 2.05) is 6.26 Å². The molecular weight excluding hydrogens is 456 g/mol. The van der Waals surface area contributed by atoms with Crippen molar-refractivity contribution in [1.29, 1.82) is 0 Å². The van der Waals surface area contributed by atoms with E-state index in [1.54, 1.807) is 30.3 Å². The number of nitrogens with one attached hydrogen (secondary N) is 1. The number of benzene rings is 2. The second kappa shape index (κ2) is 9.23. The molecule has 2 aliphatic heterocycles. The van der Waals surface area contributed by atoms with Gasteiger partial charge in [-0.3, -0.25) is 24.5 Å². The van der Waals surface area contributed by atoms with E-state index in [-0.39, 0.29) is 18.0 Å². The minimum absolute atomic E-state index is 0.0661. The average molecular weight is 483 g/mol. The number of nitrogens with zero attached hydrogens (tertiary/aromatic N) is 1. The molecule has 2 amide bonds. The van der Waals surface area contributed by atoms with Crippen LogP contribution in [0.25, 0.3) is 0 Å². The van der Waals surface area contributed by atoms with E-state index in [2.05, 4.69) is 5.32 Å². The van der Waals surface area contributed by atoms with E-state index in [4.69, 9.17) is 4.74 Å². The zero-order valence-corrected chi connectivity index (χ0v) is 19.9. The predicted molar refractivity (Wildman–Crippen MR) is 128 cm³/mol. The Hall–Kier alpha value is -3.17. The molecule has 2 saturated heterocycles. The van der Waals surface area contributed by atoms with Crippen LogP contribution in [-0.4, -0.2) is 53.3 Å². The first kappa shape index (κ1) is 24.0. The minimum Gasteiger partial charge on any atom is -0.508 e. The summed E-state index contributed by atoms with van der Waals surface area (Å²) in [7, 11) is 1.27. The summed E-state index contributed by atoms with van der Waals surface area (Å²) in [4.78, 5) is 53.8. The highest BCUT2D eigenvalue weighted by atomic mass is 32.2. The molecule has 2 aliphatic rings. The zero-order valence-electron chi connectivity index (χ0n) is 19.1. The van der Waals surface area contributed by atoms with E-state index in [0.29, 0.717) is 22.6 Å². The van der Waals surface area contributed by atoms with Crippen molar-refractivity contribution >= 4 is 41.0 Å². The smallest absolute Gasteiger partial charge is 0.326 e. The van der Waals surface area contributed by atoms with Gasteiger partial charge in [-0.25, -0.2) is 4.90 Å². The molecule has 0 spiro atoms. The number of amides is 2. The first-order valence-electron chi connectivity index (χ1n) is 10.9. The Morgan fingerprint density at radius 2 is 1.85 bits per heavy atom. The van der Waals surface area contributed by atoms with E-state index < -0.39 is 41.2 Å². The summed E-state index contributed by atoms with van der Waals surface area (Å²) in [6.07, 6.45) is 2.19. The number of carbonyl (C=O) groups is 4. The molecule has 178 valence electrons. The Kier molecular flexibility index (Phi) is 6.51. The largest absolute Gasteiger partial charge is 0.508 e. The summed E-state index contributed by atoms with van der Waals surface area (Å²) in [5, 5.41) is 13.0. The van der Waals surface area contributed by atoms with Crippen LogP contribution in [0.1, 0.15) is 35.3 Å². The highest BCUT2D eigenvalue weighted by Crippen LogP contribution is 2.51. The molecule has 0 radical (unpaired) electrons. The van der Waals surface area contributed by atoms with Crippen LogP contribution in [0.4, 0.5) is 5.69 Å². The number of hydrogen-bond acceptors (Lipinski definition) is 8. The predicted octanol–water partition coefficient (Wildman–Crippen LogP) is 2.71. The lowest BCUT2D eigenvalue weighted by atomic mass is 9.78. The lowest BCUT2D eigenvalue weighted by Crippen LogP contribution is -2.56. The van der Waals surface area contributed by atoms with Gasteiger partial charge in [0.25, 0.3) is 0 Å². The number of hydrogen-bond donors (Lipinski definition) is 2. The highest BCUT2D eigenvalue weighted by Gasteiger charge is 2.68. The van der Waals surface area contributed by atoms with Crippen molar-refractivity contribution in [1.82, 2.24) is 5.32 Å². The molecule has 0 unspecified atom stereocenters. The number of aromatic hydroxyl groups is 1. The summed E-state index contributed by atoms with van der Waals surface area (Å²) in [5.74, 6) is -2.96. The number of fused-ring (bicyclic) bond motifs is 1. The number of phenolic OH excluding ortho intramolecular Hbond substituents is 1. The molecular formula is C25H26N2O6S. The number of Topliss-reactive ketones (excluding diaryl/α,β-unsaturated/α-hetero) is 1. The lowest BCUT2D eigenvalue weighted by molar-refractivity contribution is -0.152. The van der Waals surface area contributed by atoms with Crippen LogP contribution < -0.4 is 10.2 Å². The normalized spacial score (nSPS) is 26.0. The van der Waals surface area contributed by atoms with Crippen molar-refractivity contribution in [2.75, 3.05) is 24.0 Å². The lowest BCUT2D eigenvalue weighted by Gasteiger charge is -2.32. The van der Waals surface area contributed by atoms with Gasteiger partial charge in [0.2, 0.25) is 11.8 Å². The van der Waals surface area contributed by atoms with Crippen molar-refractivity contribution in [3.05, 3.63) is 59.7 Å². The van der Waals surface area contributed by atoms with E-state index in [1.165, 1.54) is 44.0 Å². The Bertz CT molecular complexity index is 1150. The Balaban J connectivity index is 1.86. The zero-order chi connectivity index (χ0) is 24.6. The number of esters is 1. The third-order valence-electron chi connectivity index (χ3n) is 6.67. The monoisotopic (exact) mass is 482 g/mol. The summed E-state index contributed by atoms with van der Waals surface area (Å²) < 4.78 is 5.14. The molecule has 34 heavy (non-hydrogen) atoms. The Morgan fingerprint density at radius 1 is 1.15 bits per heavy atom. The van der Waals surface area contributed by atoms with Gasteiger partial charge in [0.15, 0.2) is 5.78 Å². The first-order chi connectivity index (χ1) is 16.2. The van der Waals surface area contributed by atoms with Crippen LogP contribution in [0.2, 0.25) is 0 Å². The van der Waals surface area contributed by atoms with Gasteiger partial charge in [-0.2, -0.15) is 11.8 Å². The molecule has 2 aromatic carbocycles. The number of ketones is 1. The molecule has 0 saturated carbocycles. The quantitative estimate of drug-likeness (QED) is 0.352. The van der Waals surface area contributed by atoms with Crippen LogP contribution in [0.5, 0.6) is 5.75 Å². The van der Waals surface area contributed by atoms with E-state index >= 15 is 0 Å². The molecule has 2 N–H and O–H groups in total. The van der Waals surface area contributed by atoms with Gasteiger partial charge in [-0.05, 0) is 55.2 Å². The van der Waals surface area contributed by atoms with Gasteiger partial charge in [0.05, 0.1) is 24.6 Å². The standard InChI is InChI=1S/C25H26N2O6S/c1-14(28)16-5-4-6-17(13-16)27-22(30)19-20(23(27)31)25(11-12-34-3,24(32)33-2)26-21(19)15-7-9-18(29)10-8-15/h4-10,13,19-21,26,29H,11-12H2,1-3H3/t19-,20-,21-,25-/m1/s1. The maximum absolute atomic E-state index is 13.8. The van der Waals surface area contributed by atoms with E-state index in [0.717, 1.165) is 4.90 Å². The Morgan fingerprint density at radius 3 is 2.47 bits per heavy atom. The van der Waals surface area contributed by atoms with Crippen LogP contribution in [-0.2, 0) is 19.1 Å². The van der Waals surface area contributed by atoms with Crippen LogP contribution in [0.3, 0.4) is 0 Å². The van der Waals surface area contributed by atoms with Crippen LogP contribution in [0, 0.1) is 11.8 Å². The topological polar surface area (TPSA) is 113 Å². The summed E-state index contributed by atoms with van der Waals surface area (Å²) in [6, 6.07) is 12.1. The number of rotatable bonds is 7. The first-order valence-corrected chi connectivity index (χ1v) is 12.3. The molecule has 8 nitrogen and oxygen atoms in total. The number of thioether (sulfide) groups is 1. The fraction of sp³-hybridized carbons (Fsp3) is 0.360. The third-order valence-corrected chi connectivity index (χ3v) is 7.28. The van der Waals surface area contributed by atoms with Crippen molar-refractivity contribution in [3.8, 4) is 5.75 Å². The fourth-order valence-corrected chi connectivity index (χ4v) is 5.58. The number of phenols is 1. The second-order valence-electron chi connectivity index (χ2n) is 8.54. The van der Waals surface area contributed by atoms with Crippen molar-refractivity contribution in [2.24, 2.45) is 11.8 Å². The van der Waals surface area contributed by atoms with Crippen LogP contribution >= 0.6 is 11.8 Å². The van der Waals surface area contributed by atoms with Crippen molar-refractivity contribution in [2.45, 2.75) is 24.9 Å². The van der Waals surface area contributed by atoms with Gasteiger partial charge in [0, 0.05) is 11.6 Å². The molecule has 9 heteroatoms. The van der Waals surface area contributed by atoms with Crippen LogP contribution in [0.15, 0.2) is 48.5 Å². The van der Waals surface area contributed by atoms with Gasteiger partial charge < -0.3 is 9.84 Å². The number of imide groups is 1. The molecule has 0 bridgehead atoms. The SMILES string of the molecule is COC(=O)[C@]1(CCSC)N[C@H](c2ccc(O)cc2)[C@@H]2C(=O)N(c3cccc(C(C)=O)c3)C(=O)[C@@H]21. The highest BCUT2D eigenvalue weighted by molar-refractivity contribution is 7.98. The maximum Gasteiger partial charge on any atom is 0.326 e. The van der Waals surface area contributed by atoms with Crippen molar-refractivity contribution in [3.63, 3.8) is 0 Å². The molecule has 2 aromatic rings. The second-order valence-corrected chi connectivity index (χ2v) is 9.53. The molecule has 4 atom stereocenters. The number of ether oxygens (including phenoxy) is 1. The van der Waals surface area contributed by atoms with Gasteiger partial charge in [0.1, 0.15) is 11.3 Å². The number of methoxy groups -OCH3 is 1. The van der Waals surface area contributed by atoms with Gasteiger partial charge in [-0.15, -0.1) is 0 Å². The summed E-state index contributed by atoms with van der Waals surface area (Å²) >= 11 is 1.52. The third kappa shape index (κ3) is 3.78. The van der Waals surface area contributed by atoms with Gasteiger partial charge >= 0.3 is 5.97 Å². The molecule has 0 aromatic heterocycles. The Labute approximate surface area is 201 Å². The molecule has 2 heterocycles. The summed E-state index contributed by atoms with van der Waals surface area (Å²) in [5.41, 5.74) is -0.0524. The average Bonchev–Trinajstić information content (AvgIpc) is 3.31. The maximum atomic E-state index is 13.8. The molecule has 4 rings (SSSR count). The van der Waals surface area contributed by atoms with Gasteiger partial charge in [-0.1, -0.05) is 24.3 Å².